The topological polar surface area (TPSA) is 78.8 Å². The zero-order valence-corrected chi connectivity index (χ0v) is 18.1. The lowest BCUT2D eigenvalue weighted by Gasteiger charge is -2.13. The average molecular weight is 440 g/mol. The van der Waals surface area contributed by atoms with Crippen LogP contribution in [0.3, 0.4) is 0 Å². The predicted octanol–water partition coefficient (Wildman–Crippen LogP) is 4.97. The minimum absolute atomic E-state index is 0.204. The van der Waals surface area contributed by atoms with Crippen LogP contribution >= 0.6 is 11.6 Å². The van der Waals surface area contributed by atoms with Crippen molar-refractivity contribution in [2.45, 2.75) is 19.4 Å². The number of aromatic carboxylic acids is 1. The zero-order chi connectivity index (χ0) is 22.2. The van der Waals surface area contributed by atoms with Gasteiger partial charge in [0.05, 0.1) is 18.3 Å². The van der Waals surface area contributed by atoms with Crippen LogP contribution in [-0.2, 0) is 6.42 Å². The van der Waals surface area contributed by atoms with Gasteiger partial charge in [-0.05, 0) is 66.9 Å². The summed E-state index contributed by atoms with van der Waals surface area (Å²) in [5.41, 5.74) is 3.99. The quantitative estimate of drug-likeness (QED) is 0.389. The molecule has 0 fully saturated rings. The first-order valence-electron chi connectivity index (χ1n) is 10.2. The van der Waals surface area contributed by atoms with Gasteiger partial charge in [-0.2, -0.15) is 0 Å². The molecule has 1 atom stereocenters. The maximum atomic E-state index is 11.2. The SMILES string of the molecule is CCOc1cc(C(=O)O)ccc1-c1ccc(CCNC[C@H](O)c2cccc(Cl)c2)cc1. The van der Waals surface area contributed by atoms with E-state index in [4.69, 9.17) is 16.3 Å². The van der Waals surface area contributed by atoms with Gasteiger partial charge < -0.3 is 20.3 Å². The molecule has 0 saturated carbocycles. The largest absolute Gasteiger partial charge is 0.493 e. The lowest BCUT2D eigenvalue weighted by atomic mass is 10.0. The zero-order valence-electron chi connectivity index (χ0n) is 17.3. The number of ether oxygens (including phenoxy) is 1. The van der Waals surface area contributed by atoms with E-state index < -0.39 is 12.1 Å². The molecule has 0 amide bonds. The Morgan fingerprint density at radius 2 is 1.87 bits per heavy atom. The third-order valence-electron chi connectivity index (χ3n) is 4.95. The van der Waals surface area contributed by atoms with Crippen LogP contribution in [-0.4, -0.2) is 35.9 Å². The molecular formula is C25H26ClNO4. The Hall–Kier alpha value is -2.86. The molecule has 0 aromatic heterocycles. The van der Waals surface area contributed by atoms with E-state index in [9.17, 15) is 15.0 Å². The van der Waals surface area contributed by atoms with Gasteiger partial charge in [-0.3, -0.25) is 0 Å². The number of halogens is 1. The fraction of sp³-hybridized carbons (Fsp3) is 0.240. The highest BCUT2D eigenvalue weighted by atomic mass is 35.5. The number of nitrogens with one attached hydrogen (secondary N) is 1. The van der Waals surface area contributed by atoms with E-state index in [1.54, 1.807) is 30.3 Å². The molecule has 0 heterocycles. The Kier molecular flexibility index (Phi) is 8.06. The van der Waals surface area contributed by atoms with E-state index in [-0.39, 0.29) is 5.56 Å². The highest BCUT2D eigenvalue weighted by molar-refractivity contribution is 6.30. The molecular weight excluding hydrogens is 414 g/mol. The van der Waals surface area contributed by atoms with Crippen LogP contribution < -0.4 is 10.1 Å². The Balaban J connectivity index is 1.57. The van der Waals surface area contributed by atoms with Gasteiger partial charge in [0.15, 0.2) is 0 Å². The molecule has 0 unspecified atom stereocenters. The van der Waals surface area contributed by atoms with E-state index >= 15 is 0 Å². The Morgan fingerprint density at radius 3 is 2.55 bits per heavy atom. The summed E-state index contributed by atoms with van der Waals surface area (Å²) in [6.07, 6.45) is 0.213. The maximum absolute atomic E-state index is 11.2. The normalized spacial score (nSPS) is 11.8. The Morgan fingerprint density at radius 1 is 1.10 bits per heavy atom. The number of hydrogen-bond acceptors (Lipinski definition) is 4. The standard InChI is InChI=1S/C25H26ClNO4/c1-2-31-24-15-20(25(29)30)10-11-22(24)18-8-6-17(7-9-18)12-13-27-16-23(28)19-4-3-5-21(26)14-19/h3-11,14-15,23,27-28H,2,12-13,16H2,1H3,(H,29,30)/t23-/m0/s1. The molecule has 3 rings (SSSR count). The first-order valence-corrected chi connectivity index (χ1v) is 10.6. The van der Waals surface area contributed by atoms with Crippen molar-refractivity contribution in [2.24, 2.45) is 0 Å². The van der Waals surface area contributed by atoms with Crippen molar-refractivity contribution in [2.75, 3.05) is 19.7 Å². The van der Waals surface area contributed by atoms with Crippen LogP contribution in [0.4, 0.5) is 0 Å². The number of rotatable bonds is 10. The first-order chi connectivity index (χ1) is 15.0. The van der Waals surface area contributed by atoms with Crippen LogP contribution in [0.15, 0.2) is 66.7 Å². The second kappa shape index (κ2) is 11.0. The highest BCUT2D eigenvalue weighted by Crippen LogP contribution is 2.31. The lowest BCUT2D eigenvalue weighted by Crippen LogP contribution is -2.23. The van der Waals surface area contributed by atoms with Crippen molar-refractivity contribution in [1.29, 1.82) is 0 Å². The summed E-state index contributed by atoms with van der Waals surface area (Å²) in [5.74, 6) is -0.414. The van der Waals surface area contributed by atoms with Crippen molar-refractivity contribution < 1.29 is 19.7 Å². The molecule has 0 bridgehead atoms. The maximum Gasteiger partial charge on any atom is 0.335 e. The molecule has 31 heavy (non-hydrogen) atoms. The molecule has 0 aliphatic heterocycles. The van der Waals surface area contributed by atoms with Crippen molar-refractivity contribution in [3.05, 3.63) is 88.4 Å². The monoisotopic (exact) mass is 439 g/mol. The summed E-state index contributed by atoms with van der Waals surface area (Å²) >= 11 is 5.97. The van der Waals surface area contributed by atoms with Gasteiger partial charge >= 0.3 is 5.97 Å². The van der Waals surface area contributed by atoms with Crippen LogP contribution in [0.25, 0.3) is 11.1 Å². The molecule has 5 nitrogen and oxygen atoms in total. The fourth-order valence-electron chi connectivity index (χ4n) is 3.32. The molecule has 0 spiro atoms. The summed E-state index contributed by atoms with van der Waals surface area (Å²) in [6, 6.07) is 20.3. The minimum Gasteiger partial charge on any atom is -0.493 e. The van der Waals surface area contributed by atoms with Crippen LogP contribution in [0, 0.1) is 0 Å². The first kappa shape index (κ1) is 22.8. The molecule has 3 N–H and O–H groups in total. The Bertz CT molecular complexity index is 1020. The number of aliphatic hydroxyl groups excluding tert-OH is 1. The summed E-state index contributed by atoms with van der Waals surface area (Å²) in [4.78, 5) is 11.2. The summed E-state index contributed by atoms with van der Waals surface area (Å²) < 4.78 is 5.65. The van der Waals surface area contributed by atoms with Gasteiger partial charge in [0, 0.05) is 17.1 Å². The molecule has 0 aliphatic carbocycles. The van der Waals surface area contributed by atoms with Gasteiger partial charge in [-0.25, -0.2) is 4.79 Å². The van der Waals surface area contributed by atoms with Crippen LogP contribution in [0.1, 0.15) is 34.5 Å². The van der Waals surface area contributed by atoms with E-state index in [1.807, 2.05) is 43.3 Å². The second-order valence-corrected chi connectivity index (χ2v) is 7.61. The molecule has 0 saturated heterocycles. The number of hydrogen-bond donors (Lipinski definition) is 3. The van der Waals surface area contributed by atoms with E-state index in [2.05, 4.69) is 5.32 Å². The molecule has 3 aromatic rings. The third-order valence-corrected chi connectivity index (χ3v) is 5.19. The van der Waals surface area contributed by atoms with Crippen molar-refractivity contribution >= 4 is 17.6 Å². The van der Waals surface area contributed by atoms with Crippen molar-refractivity contribution in [3.8, 4) is 16.9 Å². The number of carbonyl (C=O) groups is 1. The van der Waals surface area contributed by atoms with E-state index in [1.165, 1.54) is 0 Å². The molecule has 6 heteroatoms. The average Bonchev–Trinajstić information content (AvgIpc) is 2.77. The molecule has 0 aliphatic rings. The Labute approximate surface area is 187 Å². The molecule has 0 radical (unpaired) electrons. The fourth-order valence-corrected chi connectivity index (χ4v) is 3.52. The van der Waals surface area contributed by atoms with Gasteiger partial charge in [-0.15, -0.1) is 0 Å². The molecule has 162 valence electrons. The van der Waals surface area contributed by atoms with Crippen molar-refractivity contribution in [1.82, 2.24) is 5.32 Å². The van der Waals surface area contributed by atoms with Gasteiger partial charge in [0.25, 0.3) is 0 Å². The third kappa shape index (κ3) is 6.31. The van der Waals surface area contributed by atoms with E-state index in [0.29, 0.717) is 23.9 Å². The predicted molar refractivity (Wildman–Crippen MR) is 123 cm³/mol. The van der Waals surface area contributed by atoms with Crippen LogP contribution in [0.2, 0.25) is 5.02 Å². The molecule has 3 aromatic carbocycles. The van der Waals surface area contributed by atoms with E-state index in [0.717, 1.165) is 35.2 Å². The number of aliphatic hydroxyl groups is 1. The number of benzene rings is 3. The van der Waals surface area contributed by atoms with Crippen molar-refractivity contribution in [3.63, 3.8) is 0 Å². The van der Waals surface area contributed by atoms with Gasteiger partial charge in [0.1, 0.15) is 5.75 Å². The summed E-state index contributed by atoms with van der Waals surface area (Å²) in [6.45, 7) is 3.51. The van der Waals surface area contributed by atoms with Gasteiger partial charge in [0.2, 0.25) is 0 Å². The smallest absolute Gasteiger partial charge is 0.335 e. The van der Waals surface area contributed by atoms with Gasteiger partial charge in [-0.1, -0.05) is 48.0 Å². The highest BCUT2D eigenvalue weighted by Gasteiger charge is 2.11. The second-order valence-electron chi connectivity index (χ2n) is 7.17. The summed E-state index contributed by atoms with van der Waals surface area (Å²) in [7, 11) is 0. The summed E-state index contributed by atoms with van der Waals surface area (Å²) in [5, 5.41) is 23.3. The lowest BCUT2D eigenvalue weighted by molar-refractivity contribution is 0.0696. The minimum atomic E-state index is -0.976. The van der Waals surface area contributed by atoms with Crippen LogP contribution in [0.5, 0.6) is 5.75 Å². The number of carboxylic acid groups (broad SMARTS) is 1. The number of carboxylic acids is 1.